The standard InChI is InChI=1S/C44H46ClN5O8/c1-46(38(52)15-4-3-9-21-49-41(55)18-19-42(49)56)23-24-47(2)44(57)58-37-26-34-29(28-11-5-7-13-31(28)37)20-22-48(34)39(53)16-10-17-40(54)50-27-33(45)43-32-14-8-6-12-30(32)36(51)25-35(43)50/h5-8,11-14,18-19,25-26,33,51H,3-4,9-10,15-17,20-24,27H2,1-2H3/t33-/m1/s1. The largest absolute Gasteiger partial charge is 0.507 e. The molecular weight excluding hydrogens is 762 g/mol. The highest BCUT2D eigenvalue weighted by molar-refractivity contribution is 6.25. The van der Waals surface area contributed by atoms with Gasteiger partial charge in [-0.2, -0.15) is 0 Å². The molecule has 0 fully saturated rings. The van der Waals surface area contributed by atoms with E-state index in [1.807, 2.05) is 48.5 Å². The predicted molar refractivity (Wildman–Crippen MR) is 221 cm³/mol. The summed E-state index contributed by atoms with van der Waals surface area (Å²) in [5.41, 5.74) is 3.06. The third-order valence-corrected chi connectivity index (χ3v) is 11.6. The van der Waals surface area contributed by atoms with E-state index in [-0.39, 0.29) is 61.2 Å². The van der Waals surface area contributed by atoms with Crippen molar-refractivity contribution in [1.82, 2.24) is 14.7 Å². The van der Waals surface area contributed by atoms with E-state index in [1.54, 1.807) is 40.9 Å². The van der Waals surface area contributed by atoms with Crippen LogP contribution < -0.4 is 14.5 Å². The number of carbonyl (C=O) groups excluding carboxylic acids is 6. The number of ether oxygens (including phenoxy) is 1. The van der Waals surface area contributed by atoms with Gasteiger partial charge in [0.1, 0.15) is 11.5 Å². The van der Waals surface area contributed by atoms with E-state index in [0.29, 0.717) is 80.7 Å². The van der Waals surface area contributed by atoms with E-state index in [2.05, 4.69) is 0 Å². The minimum atomic E-state index is -0.607. The molecule has 1 N–H and O–H groups in total. The molecular formula is C44H46ClN5O8. The lowest BCUT2D eigenvalue weighted by atomic mass is 10.0. The molecule has 302 valence electrons. The number of aromatic hydroxyl groups is 1. The number of phenols is 1. The molecule has 0 unspecified atom stereocenters. The molecule has 0 aromatic heterocycles. The van der Waals surface area contributed by atoms with E-state index in [0.717, 1.165) is 27.3 Å². The van der Waals surface area contributed by atoms with Gasteiger partial charge in [0.2, 0.25) is 17.7 Å². The Kier molecular flexibility index (Phi) is 12.0. The number of halogens is 1. The highest BCUT2D eigenvalue weighted by Gasteiger charge is 2.34. The zero-order valence-corrected chi connectivity index (χ0v) is 33.4. The Bertz CT molecular complexity index is 2330. The van der Waals surface area contributed by atoms with E-state index in [4.69, 9.17) is 16.3 Å². The lowest BCUT2D eigenvalue weighted by Gasteiger charge is -2.23. The second-order valence-corrected chi connectivity index (χ2v) is 15.5. The van der Waals surface area contributed by atoms with E-state index in [9.17, 15) is 33.9 Å². The zero-order chi connectivity index (χ0) is 41.1. The number of phenolic OH excluding ortho intramolecular Hbond substituents is 1. The van der Waals surface area contributed by atoms with Crippen molar-refractivity contribution in [3.05, 3.63) is 83.9 Å². The summed E-state index contributed by atoms with van der Waals surface area (Å²) in [6, 6.07) is 18.3. The molecule has 0 spiro atoms. The maximum atomic E-state index is 13.7. The SMILES string of the molecule is CN(CCN(C)C(=O)Oc1cc2c(c3ccccc13)CCN2C(=O)CCCC(=O)N1C[C@@H](Cl)c2c1cc(O)c1ccccc21)C(=O)CCCCCN1C(=O)C=CC1=O. The monoisotopic (exact) mass is 807 g/mol. The van der Waals surface area contributed by atoms with Gasteiger partial charge in [-0.15, -0.1) is 11.6 Å². The number of hydrogen-bond donors (Lipinski definition) is 1. The average molecular weight is 808 g/mol. The Hall–Kier alpha value is -5.95. The third kappa shape index (κ3) is 8.22. The summed E-state index contributed by atoms with van der Waals surface area (Å²) in [6.07, 6.45) is 5.34. The summed E-state index contributed by atoms with van der Waals surface area (Å²) in [5, 5.41) is 13.4. The molecule has 3 aliphatic rings. The van der Waals surface area contributed by atoms with Gasteiger partial charge in [0.05, 0.1) is 16.8 Å². The van der Waals surface area contributed by atoms with Crippen LogP contribution in [0.25, 0.3) is 21.5 Å². The van der Waals surface area contributed by atoms with Crippen molar-refractivity contribution in [2.24, 2.45) is 0 Å². The van der Waals surface area contributed by atoms with E-state index >= 15 is 0 Å². The van der Waals surface area contributed by atoms with Gasteiger partial charge in [-0.1, -0.05) is 55.0 Å². The Morgan fingerprint density at radius 1 is 0.759 bits per heavy atom. The third-order valence-electron chi connectivity index (χ3n) is 11.2. The van der Waals surface area contributed by atoms with Gasteiger partial charge in [-0.05, 0) is 42.0 Å². The second-order valence-electron chi connectivity index (χ2n) is 15.0. The molecule has 4 aromatic carbocycles. The van der Waals surface area contributed by atoms with Crippen LogP contribution in [0.4, 0.5) is 16.2 Å². The van der Waals surface area contributed by atoms with Gasteiger partial charge in [0.25, 0.3) is 11.8 Å². The Morgan fingerprint density at radius 3 is 2.12 bits per heavy atom. The molecule has 6 amide bonds. The van der Waals surface area contributed by atoms with Crippen molar-refractivity contribution < 1.29 is 38.6 Å². The molecule has 0 bridgehead atoms. The van der Waals surface area contributed by atoms with Crippen molar-refractivity contribution in [3.63, 3.8) is 0 Å². The quantitative estimate of drug-likeness (QED) is 0.0868. The van der Waals surface area contributed by atoms with Crippen LogP contribution in [0, 0.1) is 0 Å². The fraction of sp³-hybridized carbons (Fsp3) is 0.364. The molecule has 7 rings (SSSR count). The number of fused-ring (bicyclic) bond motifs is 6. The molecule has 0 saturated carbocycles. The fourth-order valence-electron chi connectivity index (χ4n) is 8.00. The fourth-order valence-corrected chi connectivity index (χ4v) is 8.36. The highest BCUT2D eigenvalue weighted by Crippen LogP contribution is 2.46. The summed E-state index contributed by atoms with van der Waals surface area (Å²) in [4.78, 5) is 84.1. The van der Waals surface area contributed by atoms with Crippen molar-refractivity contribution in [2.45, 2.75) is 56.7 Å². The number of imide groups is 1. The minimum Gasteiger partial charge on any atom is -0.507 e. The average Bonchev–Trinajstić information content (AvgIpc) is 3.90. The first-order valence-corrected chi connectivity index (χ1v) is 20.1. The molecule has 58 heavy (non-hydrogen) atoms. The maximum Gasteiger partial charge on any atom is 0.415 e. The number of anilines is 2. The van der Waals surface area contributed by atoms with Crippen molar-refractivity contribution in [1.29, 1.82) is 0 Å². The maximum absolute atomic E-state index is 13.7. The number of carbonyl (C=O) groups is 6. The van der Waals surface area contributed by atoms with Gasteiger partial charge in [-0.3, -0.25) is 28.9 Å². The smallest absolute Gasteiger partial charge is 0.415 e. The summed E-state index contributed by atoms with van der Waals surface area (Å²) in [6.45, 7) is 1.59. The lowest BCUT2D eigenvalue weighted by molar-refractivity contribution is -0.137. The second kappa shape index (κ2) is 17.3. The number of likely N-dealkylation sites (N-methyl/N-ethyl adjacent to an activating group) is 2. The summed E-state index contributed by atoms with van der Waals surface area (Å²) >= 11 is 6.72. The minimum absolute atomic E-state index is 0.0743. The number of nitrogens with zero attached hydrogens (tertiary/aromatic N) is 5. The zero-order valence-electron chi connectivity index (χ0n) is 32.6. The van der Waals surface area contributed by atoms with Gasteiger partial charge < -0.3 is 29.4 Å². The molecule has 1 atom stereocenters. The Balaban J connectivity index is 0.920. The lowest BCUT2D eigenvalue weighted by Crippen LogP contribution is -2.38. The van der Waals surface area contributed by atoms with Crippen LogP contribution in [0.1, 0.15) is 61.4 Å². The number of alkyl halides is 1. The first-order chi connectivity index (χ1) is 27.9. The van der Waals surface area contributed by atoms with Crippen molar-refractivity contribution in [2.75, 3.05) is 56.6 Å². The molecule has 0 saturated heterocycles. The molecule has 0 radical (unpaired) electrons. The van der Waals surface area contributed by atoms with Crippen LogP contribution in [0.15, 0.2) is 72.8 Å². The highest BCUT2D eigenvalue weighted by atomic mass is 35.5. The van der Waals surface area contributed by atoms with Crippen LogP contribution in [-0.2, 0) is 30.4 Å². The summed E-state index contributed by atoms with van der Waals surface area (Å²) < 4.78 is 5.94. The predicted octanol–water partition coefficient (Wildman–Crippen LogP) is 6.46. The normalized spacial score (nSPS) is 15.7. The number of amides is 6. The Labute approximate surface area is 341 Å². The molecule has 4 aromatic rings. The van der Waals surface area contributed by atoms with E-state index in [1.165, 1.54) is 22.0 Å². The van der Waals surface area contributed by atoms with Crippen molar-refractivity contribution in [3.8, 4) is 11.5 Å². The summed E-state index contributed by atoms with van der Waals surface area (Å²) in [5.74, 6) is -0.606. The molecule has 3 heterocycles. The van der Waals surface area contributed by atoms with Crippen LogP contribution in [0.2, 0.25) is 0 Å². The van der Waals surface area contributed by atoms with Crippen LogP contribution in [0.5, 0.6) is 11.5 Å². The Morgan fingerprint density at radius 2 is 1.40 bits per heavy atom. The van der Waals surface area contributed by atoms with Gasteiger partial charge in [0.15, 0.2) is 0 Å². The van der Waals surface area contributed by atoms with Crippen LogP contribution >= 0.6 is 11.6 Å². The van der Waals surface area contributed by atoms with Gasteiger partial charge in [-0.25, -0.2) is 4.79 Å². The first kappa shape index (κ1) is 40.3. The number of rotatable bonds is 14. The molecule has 0 aliphatic carbocycles. The van der Waals surface area contributed by atoms with Crippen LogP contribution in [-0.4, -0.2) is 102 Å². The molecule has 3 aliphatic heterocycles. The first-order valence-electron chi connectivity index (χ1n) is 19.7. The van der Waals surface area contributed by atoms with Crippen molar-refractivity contribution >= 4 is 80.1 Å². The topological polar surface area (TPSA) is 148 Å². The molecule has 13 nitrogen and oxygen atoms in total. The molecule has 14 heteroatoms. The summed E-state index contributed by atoms with van der Waals surface area (Å²) in [7, 11) is 3.28. The number of unbranched alkanes of at least 4 members (excludes halogenated alkanes) is 2. The number of hydrogen-bond acceptors (Lipinski definition) is 8. The van der Waals surface area contributed by atoms with Gasteiger partial charge in [0, 0.05) is 107 Å². The number of benzene rings is 4. The van der Waals surface area contributed by atoms with Crippen LogP contribution in [0.3, 0.4) is 0 Å². The van der Waals surface area contributed by atoms with E-state index < -0.39 is 11.5 Å². The van der Waals surface area contributed by atoms with Gasteiger partial charge >= 0.3 is 6.09 Å².